The van der Waals surface area contributed by atoms with Crippen LogP contribution in [0.1, 0.15) is 23.2 Å². The second-order valence-electron chi connectivity index (χ2n) is 7.97. The molecule has 0 bridgehead atoms. The van der Waals surface area contributed by atoms with E-state index >= 15 is 0 Å². The molecule has 172 valence electrons. The molecule has 2 aromatic carbocycles. The van der Waals surface area contributed by atoms with Crippen LogP contribution in [0.15, 0.2) is 53.4 Å². The smallest absolute Gasteiger partial charge is 0.251 e. The Balaban J connectivity index is 1.31. The molecule has 8 nitrogen and oxygen atoms in total. The summed E-state index contributed by atoms with van der Waals surface area (Å²) in [7, 11) is -1.91. The predicted octanol–water partition coefficient (Wildman–Crippen LogP) is 2.11. The molecular formula is C23H29N3O5S. The molecular weight excluding hydrogens is 430 g/mol. The zero-order valence-corrected chi connectivity index (χ0v) is 19.0. The molecule has 2 heterocycles. The molecule has 1 N–H and O–H groups in total. The maximum Gasteiger partial charge on any atom is 0.251 e. The number of amides is 1. The molecule has 4 rings (SSSR count). The summed E-state index contributed by atoms with van der Waals surface area (Å²) in [5.74, 6) is 0.655. The van der Waals surface area contributed by atoms with Gasteiger partial charge in [0.25, 0.3) is 5.91 Å². The van der Waals surface area contributed by atoms with Crippen LogP contribution >= 0.6 is 0 Å². The van der Waals surface area contributed by atoms with Gasteiger partial charge in [-0.05, 0) is 61.4 Å². The molecule has 9 heteroatoms. The second kappa shape index (κ2) is 9.89. The molecule has 32 heavy (non-hydrogen) atoms. The van der Waals surface area contributed by atoms with Crippen molar-refractivity contribution in [2.45, 2.75) is 23.8 Å². The maximum atomic E-state index is 12.7. The van der Waals surface area contributed by atoms with Gasteiger partial charge in [-0.15, -0.1) is 0 Å². The topological polar surface area (TPSA) is 88.2 Å². The molecule has 0 aliphatic carbocycles. The zero-order valence-electron chi connectivity index (χ0n) is 18.2. The lowest BCUT2D eigenvalue weighted by Gasteiger charge is -2.34. The summed E-state index contributed by atoms with van der Waals surface area (Å²) in [5, 5.41) is 3.08. The lowest BCUT2D eigenvalue weighted by molar-refractivity contribution is 0.0730. The fourth-order valence-electron chi connectivity index (χ4n) is 4.06. The van der Waals surface area contributed by atoms with Gasteiger partial charge in [0, 0.05) is 43.5 Å². The number of ether oxygens (including phenoxy) is 2. The van der Waals surface area contributed by atoms with Gasteiger partial charge in [0.1, 0.15) is 5.75 Å². The van der Waals surface area contributed by atoms with E-state index in [4.69, 9.17) is 9.47 Å². The highest BCUT2D eigenvalue weighted by Gasteiger charge is 2.27. The van der Waals surface area contributed by atoms with Gasteiger partial charge < -0.3 is 19.7 Å². The van der Waals surface area contributed by atoms with Crippen LogP contribution in [0.25, 0.3) is 0 Å². The number of nitrogens with zero attached hydrogens (tertiary/aromatic N) is 2. The highest BCUT2D eigenvalue weighted by molar-refractivity contribution is 7.89. The summed E-state index contributed by atoms with van der Waals surface area (Å²) in [6.45, 7) is 3.20. The molecule has 2 aliphatic heterocycles. The highest BCUT2D eigenvalue weighted by Crippen LogP contribution is 2.23. The molecule has 0 spiro atoms. The van der Waals surface area contributed by atoms with Gasteiger partial charge in [0.2, 0.25) is 10.0 Å². The van der Waals surface area contributed by atoms with Gasteiger partial charge in [0.05, 0.1) is 25.2 Å². The summed E-state index contributed by atoms with van der Waals surface area (Å²) in [6.07, 6.45) is 1.70. The van der Waals surface area contributed by atoms with Crippen LogP contribution in [-0.2, 0) is 14.8 Å². The zero-order chi connectivity index (χ0) is 22.6. The maximum absolute atomic E-state index is 12.7. The van der Waals surface area contributed by atoms with Gasteiger partial charge in [-0.2, -0.15) is 4.31 Å². The van der Waals surface area contributed by atoms with E-state index in [-0.39, 0.29) is 16.8 Å². The molecule has 0 radical (unpaired) electrons. The Morgan fingerprint density at radius 2 is 1.59 bits per heavy atom. The summed E-state index contributed by atoms with van der Waals surface area (Å²) >= 11 is 0. The van der Waals surface area contributed by atoms with Crippen molar-refractivity contribution in [2.75, 3.05) is 51.4 Å². The van der Waals surface area contributed by atoms with Crippen molar-refractivity contribution in [3.8, 4) is 5.75 Å². The van der Waals surface area contributed by atoms with E-state index in [1.165, 1.54) is 16.4 Å². The number of sulfonamides is 1. The Bertz CT molecular complexity index is 1010. The summed E-state index contributed by atoms with van der Waals surface area (Å²) in [5.41, 5.74) is 1.61. The van der Waals surface area contributed by atoms with Crippen molar-refractivity contribution in [3.05, 3.63) is 54.1 Å². The van der Waals surface area contributed by atoms with Crippen LogP contribution in [0.2, 0.25) is 0 Å². The molecule has 2 aromatic rings. The molecule has 0 atom stereocenters. The number of carbonyl (C=O) groups is 1. The Kier molecular flexibility index (Phi) is 6.98. The Hall–Kier alpha value is -2.62. The molecule has 2 saturated heterocycles. The van der Waals surface area contributed by atoms with E-state index in [1.807, 2.05) is 24.3 Å². The van der Waals surface area contributed by atoms with Crippen LogP contribution in [0, 0.1) is 0 Å². The minimum atomic E-state index is -3.56. The van der Waals surface area contributed by atoms with Gasteiger partial charge in [-0.3, -0.25) is 4.79 Å². The van der Waals surface area contributed by atoms with Gasteiger partial charge in [-0.25, -0.2) is 8.42 Å². The van der Waals surface area contributed by atoms with Crippen molar-refractivity contribution in [2.24, 2.45) is 0 Å². The second-order valence-corrected chi connectivity index (χ2v) is 9.91. The van der Waals surface area contributed by atoms with E-state index in [2.05, 4.69) is 10.2 Å². The van der Waals surface area contributed by atoms with Crippen LogP contribution < -0.4 is 15.0 Å². The first-order chi connectivity index (χ1) is 15.5. The van der Waals surface area contributed by atoms with Crippen LogP contribution in [0.5, 0.6) is 5.75 Å². The van der Waals surface area contributed by atoms with Gasteiger partial charge in [-0.1, -0.05) is 0 Å². The number of piperidine rings is 1. The summed E-state index contributed by atoms with van der Waals surface area (Å²) < 4.78 is 37.3. The van der Waals surface area contributed by atoms with E-state index < -0.39 is 10.0 Å². The third-order valence-corrected chi connectivity index (χ3v) is 7.90. The molecule has 0 aromatic heterocycles. The number of hydrogen-bond acceptors (Lipinski definition) is 6. The predicted molar refractivity (Wildman–Crippen MR) is 122 cm³/mol. The first kappa shape index (κ1) is 22.6. The third-order valence-electron chi connectivity index (χ3n) is 5.99. The quantitative estimate of drug-likeness (QED) is 0.712. The van der Waals surface area contributed by atoms with Crippen molar-refractivity contribution in [1.82, 2.24) is 9.62 Å². The van der Waals surface area contributed by atoms with Crippen molar-refractivity contribution < 1.29 is 22.7 Å². The first-order valence-corrected chi connectivity index (χ1v) is 12.3. The Morgan fingerprint density at radius 1 is 0.969 bits per heavy atom. The fraction of sp³-hybridized carbons (Fsp3) is 0.435. The molecule has 0 unspecified atom stereocenters. The number of benzene rings is 2. The summed E-state index contributed by atoms with van der Waals surface area (Å²) in [6, 6.07) is 14.3. The number of hydrogen-bond donors (Lipinski definition) is 1. The van der Waals surface area contributed by atoms with Crippen LogP contribution in [0.3, 0.4) is 0 Å². The van der Waals surface area contributed by atoms with Crippen molar-refractivity contribution in [1.29, 1.82) is 0 Å². The number of nitrogens with one attached hydrogen (secondary N) is 1. The average molecular weight is 460 g/mol. The number of carbonyl (C=O) groups excluding carboxylic acids is 1. The number of rotatable bonds is 6. The van der Waals surface area contributed by atoms with Crippen molar-refractivity contribution in [3.63, 3.8) is 0 Å². The van der Waals surface area contributed by atoms with Crippen molar-refractivity contribution >= 4 is 21.6 Å². The highest BCUT2D eigenvalue weighted by atomic mass is 32.2. The Labute approximate surface area is 189 Å². The average Bonchev–Trinajstić information content (AvgIpc) is 2.85. The van der Waals surface area contributed by atoms with E-state index in [0.29, 0.717) is 31.9 Å². The molecule has 2 fully saturated rings. The monoisotopic (exact) mass is 459 g/mol. The van der Waals surface area contributed by atoms with E-state index in [1.54, 1.807) is 19.2 Å². The third kappa shape index (κ3) is 5.06. The largest absolute Gasteiger partial charge is 0.497 e. The van der Waals surface area contributed by atoms with Gasteiger partial charge >= 0.3 is 0 Å². The number of morpholine rings is 1. The number of anilines is 1. The van der Waals surface area contributed by atoms with E-state index in [9.17, 15) is 13.2 Å². The number of methoxy groups -OCH3 is 1. The molecule has 1 amide bonds. The minimum absolute atomic E-state index is 0.0914. The minimum Gasteiger partial charge on any atom is -0.497 e. The van der Waals surface area contributed by atoms with E-state index in [0.717, 1.165) is 37.4 Å². The normalized spacial score (nSPS) is 18.3. The molecule has 0 saturated carbocycles. The SMILES string of the molecule is COc1ccc(N2CCC(NC(=O)c3ccc(S(=O)(=O)N4CCOCC4)cc3)CC2)cc1. The molecule has 2 aliphatic rings. The van der Waals surface area contributed by atoms with Gasteiger partial charge in [0.15, 0.2) is 0 Å². The first-order valence-electron chi connectivity index (χ1n) is 10.9. The summed E-state index contributed by atoms with van der Waals surface area (Å²) in [4.78, 5) is 15.2. The van der Waals surface area contributed by atoms with Crippen LogP contribution in [-0.4, -0.2) is 71.2 Å². The fourth-order valence-corrected chi connectivity index (χ4v) is 5.47. The standard InChI is InChI=1S/C23H29N3O5S/c1-30-21-6-4-20(5-7-21)25-12-10-19(11-13-25)24-23(27)18-2-8-22(9-3-18)32(28,29)26-14-16-31-17-15-26/h2-9,19H,10-17H2,1H3,(H,24,27). The lowest BCUT2D eigenvalue weighted by atomic mass is 10.0. The van der Waals surface area contributed by atoms with Crippen LogP contribution in [0.4, 0.5) is 5.69 Å². The Morgan fingerprint density at radius 3 is 2.19 bits per heavy atom. The lowest BCUT2D eigenvalue weighted by Crippen LogP contribution is -2.44.